The molecule has 2 rings (SSSR count). The summed E-state index contributed by atoms with van der Waals surface area (Å²) in [5.74, 6) is 2.26. The fraction of sp³-hybridized carbons (Fsp3) is 0.118. The first-order chi connectivity index (χ1) is 9.60. The number of benzene rings is 2. The van der Waals surface area contributed by atoms with Crippen LogP contribution in [0.5, 0.6) is 5.75 Å². The van der Waals surface area contributed by atoms with Gasteiger partial charge in [-0.3, -0.25) is 0 Å². The van der Waals surface area contributed by atoms with Gasteiger partial charge in [-0.15, -0.1) is 6.42 Å². The van der Waals surface area contributed by atoms with Gasteiger partial charge in [0.05, 0.1) is 5.56 Å². The summed E-state index contributed by atoms with van der Waals surface area (Å²) in [6, 6.07) is 13.6. The molecule has 20 heavy (non-hydrogen) atoms. The van der Waals surface area contributed by atoms with Gasteiger partial charge < -0.3 is 9.84 Å². The number of ether oxygens (including phenoxy) is 1. The van der Waals surface area contributed by atoms with Crippen molar-refractivity contribution in [2.24, 2.45) is 0 Å². The summed E-state index contributed by atoms with van der Waals surface area (Å²) in [6.45, 7) is 1.96. The van der Waals surface area contributed by atoms with E-state index in [0.29, 0.717) is 16.9 Å². The Morgan fingerprint density at radius 1 is 1.15 bits per heavy atom. The number of rotatable bonds is 3. The smallest absolute Gasteiger partial charge is 0.343 e. The van der Waals surface area contributed by atoms with Crippen LogP contribution in [0.2, 0.25) is 0 Å². The summed E-state index contributed by atoms with van der Waals surface area (Å²) in [4.78, 5) is 11.9. The molecule has 0 saturated heterocycles. The molecule has 0 spiro atoms. The van der Waals surface area contributed by atoms with Crippen LogP contribution in [-0.4, -0.2) is 11.1 Å². The molecule has 1 unspecified atom stereocenters. The molecule has 0 aliphatic carbocycles. The maximum atomic E-state index is 11.9. The summed E-state index contributed by atoms with van der Waals surface area (Å²) in [5, 5.41) is 9.47. The van der Waals surface area contributed by atoms with Crippen LogP contribution in [0.4, 0.5) is 0 Å². The Labute approximate surface area is 117 Å². The summed E-state index contributed by atoms with van der Waals surface area (Å²) in [5.41, 5.74) is 2.07. The summed E-state index contributed by atoms with van der Waals surface area (Å²) < 4.78 is 5.24. The van der Waals surface area contributed by atoms with Gasteiger partial charge in [-0.1, -0.05) is 35.7 Å². The van der Waals surface area contributed by atoms with Crippen LogP contribution in [0.3, 0.4) is 0 Å². The number of aliphatic hydroxyl groups excluding tert-OH is 1. The summed E-state index contributed by atoms with van der Waals surface area (Å²) in [7, 11) is 0. The SMILES string of the molecule is C#CC(O)c1ccc(C(=O)Oc2ccc(C)cc2)cc1. The predicted molar refractivity (Wildman–Crippen MR) is 76.4 cm³/mol. The first kappa shape index (κ1) is 13.9. The number of esters is 1. The molecule has 100 valence electrons. The van der Waals surface area contributed by atoms with E-state index in [0.717, 1.165) is 5.56 Å². The van der Waals surface area contributed by atoms with Crippen molar-refractivity contribution in [3.05, 3.63) is 65.2 Å². The molecule has 0 bridgehead atoms. The van der Waals surface area contributed by atoms with E-state index in [-0.39, 0.29) is 0 Å². The molecule has 0 heterocycles. The molecule has 1 atom stereocenters. The van der Waals surface area contributed by atoms with Crippen LogP contribution in [0.15, 0.2) is 48.5 Å². The zero-order valence-electron chi connectivity index (χ0n) is 11.0. The van der Waals surface area contributed by atoms with Crippen LogP contribution in [0, 0.1) is 19.3 Å². The lowest BCUT2D eigenvalue weighted by Crippen LogP contribution is -2.08. The van der Waals surface area contributed by atoms with Gasteiger partial charge in [0.2, 0.25) is 0 Å². The maximum Gasteiger partial charge on any atom is 0.343 e. The highest BCUT2D eigenvalue weighted by Gasteiger charge is 2.10. The monoisotopic (exact) mass is 266 g/mol. The van der Waals surface area contributed by atoms with Gasteiger partial charge in [-0.2, -0.15) is 0 Å². The molecule has 0 saturated carbocycles. The molecule has 2 aromatic carbocycles. The zero-order chi connectivity index (χ0) is 14.5. The van der Waals surface area contributed by atoms with Gasteiger partial charge in [-0.25, -0.2) is 4.79 Å². The van der Waals surface area contributed by atoms with Gasteiger partial charge in [0.1, 0.15) is 11.9 Å². The van der Waals surface area contributed by atoms with E-state index in [2.05, 4.69) is 5.92 Å². The Hall–Kier alpha value is -2.57. The van der Waals surface area contributed by atoms with Gasteiger partial charge in [-0.05, 0) is 36.8 Å². The minimum Gasteiger partial charge on any atom is -0.423 e. The Morgan fingerprint density at radius 3 is 2.30 bits per heavy atom. The molecule has 3 nitrogen and oxygen atoms in total. The van der Waals surface area contributed by atoms with Crippen molar-refractivity contribution in [2.75, 3.05) is 0 Å². The van der Waals surface area contributed by atoms with E-state index in [1.165, 1.54) is 0 Å². The summed E-state index contributed by atoms with van der Waals surface area (Å²) in [6.07, 6.45) is 4.16. The van der Waals surface area contributed by atoms with E-state index in [1.54, 1.807) is 36.4 Å². The molecule has 1 N–H and O–H groups in total. The van der Waals surface area contributed by atoms with Gasteiger partial charge in [0, 0.05) is 0 Å². The highest BCUT2D eigenvalue weighted by molar-refractivity contribution is 5.91. The number of carbonyl (C=O) groups excluding carboxylic acids is 1. The lowest BCUT2D eigenvalue weighted by atomic mass is 10.1. The van der Waals surface area contributed by atoms with Crippen molar-refractivity contribution < 1.29 is 14.6 Å². The second kappa shape index (κ2) is 6.05. The lowest BCUT2D eigenvalue weighted by molar-refractivity contribution is 0.0734. The van der Waals surface area contributed by atoms with E-state index < -0.39 is 12.1 Å². The average Bonchev–Trinajstić information content (AvgIpc) is 2.49. The van der Waals surface area contributed by atoms with Crippen molar-refractivity contribution >= 4 is 5.97 Å². The number of terminal acetylenes is 1. The first-order valence-electron chi connectivity index (χ1n) is 6.13. The van der Waals surface area contributed by atoms with Gasteiger partial charge in [0.15, 0.2) is 0 Å². The third-order valence-electron chi connectivity index (χ3n) is 2.85. The molecule has 0 aliphatic rings. The number of carbonyl (C=O) groups is 1. The Kier molecular flexibility index (Phi) is 4.19. The number of aliphatic hydroxyl groups is 1. The molecule has 2 aromatic rings. The lowest BCUT2D eigenvalue weighted by Gasteiger charge is -2.07. The number of aryl methyl sites for hydroxylation is 1. The molecule has 0 aromatic heterocycles. The van der Waals surface area contributed by atoms with Crippen molar-refractivity contribution in [3.63, 3.8) is 0 Å². The highest BCUT2D eigenvalue weighted by Crippen LogP contribution is 2.16. The third kappa shape index (κ3) is 3.25. The van der Waals surface area contributed by atoms with Crippen LogP contribution in [-0.2, 0) is 0 Å². The Balaban J connectivity index is 2.10. The molecular formula is C17H14O3. The molecule has 3 heteroatoms. The maximum absolute atomic E-state index is 11.9. The van der Waals surface area contributed by atoms with Crippen LogP contribution in [0.25, 0.3) is 0 Å². The second-order valence-corrected chi connectivity index (χ2v) is 4.39. The first-order valence-corrected chi connectivity index (χ1v) is 6.13. The average molecular weight is 266 g/mol. The second-order valence-electron chi connectivity index (χ2n) is 4.39. The fourth-order valence-electron chi connectivity index (χ4n) is 1.67. The number of hydrogen-bond donors (Lipinski definition) is 1. The number of hydrogen-bond acceptors (Lipinski definition) is 3. The normalized spacial score (nSPS) is 11.4. The third-order valence-corrected chi connectivity index (χ3v) is 2.85. The molecule has 0 fully saturated rings. The zero-order valence-corrected chi connectivity index (χ0v) is 11.0. The van der Waals surface area contributed by atoms with Gasteiger partial charge in [0.25, 0.3) is 0 Å². The van der Waals surface area contributed by atoms with Crippen molar-refractivity contribution in [1.29, 1.82) is 0 Å². The predicted octanol–water partition coefficient (Wildman–Crippen LogP) is 2.88. The quantitative estimate of drug-likeness (QED) is 0.528. The van der Waals surface area contributed by atoms with E-state index in [9.17, 15) is 9.90 Å². The van der Waals surface area contributed by atoms with Crippen molar-refractivity contribution in [3.8, 4) is 18.1 Å². The fourth-order valence-corrected chi connectivity index (χ4v) is 1.67. The van der Waals surface area contributed by atoms with E-state index in [4.69, 9.17) is 11.2 Å². The minimum atomic E-state index is -0.961. The Morgan fingerprint density at radius 2 is 1.75 bits per heavy atom. The molecule has 0 radical (unpaired) electrons. The van der Waals surface area contributed by atoms with Crippen LogP contribution >= 0.6 is 0 Å². The standard InChI is InChI=1S/C17H14O3/c1-3-16(18)13-6-8-14(9-7-13)17(19)20-15-10-4-12(2)5-11-15/h1,4-11,16,18H,2H3. The summed E-state index contributed by atoms with van der Waals surface area (Å²) >= 11 is 0. The van der Waals surface area contributed by atoms with Crippen LogP contribution in [0.1, 0.15) is 27.6 Å². The Bertz CT molecular complexity index is 633. The molecule has 0 amide bonds. The van der Waals surface area contributed by atoms with Crippen molar-refractivity contribution in [2.45, 2.75) is 13.0 Å². The van der Waals surface area contributed by atoms with E-state index in [1.807, 2.05) is 19.1 Å². The highest BCUT2D eigenvalue weighted by atomic mass is 16.5. The van der Waals surface area contributed by atoms with Crippen LogP contribution < -0.4 is 4.74 Å². The largest absolute Gasteiger partial charge is 0.423 e. The topological polar surface area (TPSA) is 46.5 Å². The van der Waals surface area contributed by atoms with Gasteiger partial charge >= 0.3 is 5.97 Å². The van der Waals surface area contributed by atoms with E-state index >= 15 is 0 Å². The molecular weight excluding hydrogens is 252 g/mol. The van der Waals surface area contributed by atoms with Crippen molar-refractivity contribution in [1.82, 2.24) is 0 Å². The minimum absolute atomic E-state index is 0.401. The molecule has 0 aliphatic heterocycles.